The van der Waals surface area contributed by atoms with Crippen molar-refractivity contribution in [2.45, 2.75) is 13.3 Å². The van der Waals surface area contributed by atoms with Crippen molar-refractivity contribution in [1.29, 1.82) is 0 Å². The number of fused-ring (bicyclic) bond motifs is 1. The zero-order chi connectivity index (χ0) is 14.3. The molecule has 20 heavy (non-hydrogen) atoms. The molecule has 1 N–H and O–H groups in total. The van der Waals surface area contributed by atoms with Crippen molar-refractivity contribution in [3.05, 3.63) is 42.0 Å². The summed E-state index contributed by atoms with van der Waals surface area (Å²) in [6.07, 6.45) is 0.812. The molecule has 2 aromatic carbocycles. The summed E-state index contributed by atoms with van der Waals surface area (Å²) >= 11 is 0. The first-order valence-corrected chi connectivity index (χ1v) is 6.99. The molecule has 104 valence electrons. The van der Waals surface area contributed by atoms with E-state index < -0.39 is 5.97 Å². The van der Waals surface area contributed by atoms with Crippen LogP contribution in [0.1, 0.15) is 12.0 Å². The summed E-state index contributed by atoms with van der Waals surface area (Å²) in [6, 6.07) is 12.9. The van der Waals surface area contributed by atoms with E-state index in [9.17, 15) is 4.79 Å². The fraction of sp³-hybridized carbons (Fsp3) is 0.353. The zero-order valence-corrected chi connectivity index (χ0v) is 11.8. The topological polar surface area (TPSA) is 40.5 Å². The van der Waals surface area contributed by atoms with Crippen molar-refractivity contribution >= 4 is 22.4 Å². The molecule has 0 bridgehead atoms. The number of benzene rings is 2. The second kappa shape index (κ2) is 4.82. The average molecular weight is 269 g/mol. The normalized spacial score (nSPS) is 20.9. The van der Waals surface area contributed by atoms with Crippen LogP contribution in [0.3, 0.4) is 0 Å². The van der Waals surface area contributed by atoms with Crippen molar-refractivity contribution in [2.24, 2.45) is 11.8 Å². The van der Waals surface area contributed by atoms with Gasteiger partial charge >= 0.3 is 5.97 Å². The Balaban J connectivity index is 1.76. The quantitative estimate of drug-likeness (QED) is 0.925. The summed E-state index contributed by atoms with van der Waals surface area (Å²) in [5.74, 6) is -0.496. The molecule has 2 unspecified atom stereocenters. The van der Waals surface area contributed by atoms with Crippen LogP contribution in [0, 0.1) is 18.8 Å². The summed E-state index contributed by atoms with van der Waals surface area (Å²) < 4.78 is 0. The molecule has 1 fully saturated rings. The van der Waals surface area contributed by atoms with E-state index in [0.29, 0.717) is 5.92 Å². The highest BCUT2D eigenvalue weighted by atomic mass is 16.4. The third kappa shape index (κ3) is 2.48. The van der Waals surface area contributed by atoms with Gasteiger partial charge in [-0.1, -0.05) is 29.8 Å². The number of hydrogen-bond donors (Lipinski definition) is 1. The number of aryl methyl sites for hydroxylation is 1. The van der Waals surface area contributed by atoms with Gasteiger partial charge in [-0.25, -0.2) is 0 Å². The third-order valence-corrected chi connectivity index (χ3v) is 4.17. The SMILES string of the molecule is Cc1ccc2cc(N(C)CC3CC3C(=O)O)ccc2c1. The van der Waals surface area contributed by atoms with E-state index in [1.807, 2.05) is 7.05 Å². The van der Waals surface area contributed by atoms with Gasteiger partial charge in [0.25, 0.3) is 0 Å². The molecular weight excluding hydrogens is 250 g/mol. The lowest BCUT2D eigenvalue weighted by Crippen LogP contribution is -2.21. The van der Waals surface area contributed by atoms with Crippen molar-refractivity contribution in [3.63, 3.8) is 0 Å². The first kappa shape index (κ1) is 13.0. The van der Waals surface area contributed by atoms with Crippen molar-refractivity contribution in [2.75, 3.05) is 18.5 Å². The molecule has 2 atom stereocenters. The minimum atomic E-state index is -0.655. The Morgan fingerprint density at radius 3 is 2.65 bits per heavy atom. The first-order valence-electron chi connectivity index (χ1n) is 6.99. The smallest absolute Gasteiger partial charge is 0.306 e. The van der Waals surface area contributed by atoms with Gasteiger partial charge in [-0.05, 0) is 42.2 Å². The molecule has 0 heterocycles. The second-order valence-electron chi connectivity index (χ2n) is 5.86. The molecule has 0 aliphatic heterocycles. The van der Waals surface area contributed by atoms with Crippen LogP contribution in [0.15, 0.2) is 36.4 Å². The maximum absolute atomic E-state index is 10.9. The molecule has 0 saturated heterocycles. The molecule has 0 spiro atoms. The molecule has 3 heteroatoms. The Morgan fingerprint density at radius 1 is 1.25 bits per heavy atom. The first-order chi connectivity index (χ1) is 9.54. The highest BCUT2D eigenvalue weighted by molar-refractivity contribution is 5.86. The van der Waals surface area contributed by atoms with E-state index in [0.717, 1.165) is 18.7 Å². The Labute approximate surface area is 118 Å². The molecule has 3 nitrogen and oxygen atoms in total. The van der Waals surface area contributed by atoms with Crippen LogP contribution in [-0.4, -0.2) is 24.7 Å². The van der Waals surface area contributed by atoms with Gasteiger partial charge in [0.05, 0.1) is 5.92 Å². The molecule has 2 aromatic rings. The van der Waals surface area contributed by atoms with Gasteiger partial charge in [0, 0.05) is 19.3 Å². The van der Waals surface area contributed by atoms with E-state index in [1.165, 1.54) is 16.3 Å². The number of carboxylic acids is 1. The Hall–Kier alpha value is -2.03. The number of hydrogen-bond acceptors (Lipinski definition) is 2. The van der Waals surface area contributed by atoms with Crippen molar-refractivity contribution < 1.29 is 9.90 Å². The summed E-state index contributed by atoms with van der Waals surface area (Å²) in [5.41, 5.74) is 2.42. The van der Waals surface area contributed by atoms with E-state index in [1.54, 1.807) is 0 Å². The van der Waals surface area contributed by atoms with Gasteiger partial charge in [0.1, 0.15) is 0 Å². The number of carboxylic acid groups (broad SMARTS) is 1. The van der Waals surface area contributed by atoms with Crippen molar-refractivity contribution in [3.8, 4) is 0 Å². The predicted molar refractivity (Wildman–Crippen MR) is 81.2 cm³/mol. The maximum atomic E-state index is 10.9. The summed E-state index contributed by atoms with van der Waals surface area (Å²) in [4.78, 5) is 13.0. The van der Waals surface area contributed by atoms with E-state index in [-0.39, 0.29) is 5.92 Å². The van der Waals surface area contributed by atoms with Crippen LogP contribution < -0.4 is 4.90 Å². The zero-order valence-electron chi connectivity index (χ0n) is 11.8. The predicted octanol–water partition coefficient (Wildman–Crippen LogP) is 3.31. The van der Waals surface area contributed by atoms with Gasteiger partial charge in [-0.15, -0.1) is 0 Å². The number of carbonyl (C=O) groups is 1. The lowest BCUT2D eigenvalue weighted by atomic mass is 10.1. The highest BCUT2D eigenvalue weighted by Crippen LogP contribution is 2.39. The van der Waals surface area contributed by atoms with Gasteiger partial charge in [0.2, 0.25) is 0 Å². The van der Waals surface area contributed by atoms with Gasteiger partial charge in [0.15, 0.2) is 0 Å². The standard InChI is InChI=1S/C17H19NO2/c1-11-3-4-13-8-15(6-5-12(13)7-11)18(2)10-14-9-16(14)17(19)20/h3-8,14,16H,9-10H2,1-2H3,(H,19,20). The van der Waals surface area contributed by atoms with E-state index >= 15 is 0 Å². The minimum Gasteiger partial charge on any atom is -0.481 e. The van der Waals surface area contributed by atoms with Gasteiger partial charge < -0.3 is 10.0 Å². The lowest BCUT2D eigenvalue weighted by Gasteiger charge is -2.19. The molecular formula is C17H19NO2. The molecule has 0 amide bonds. The van der Waals surface area contributed by atoms with E-state index in [2.05, 4.69) is 48.2 Å². The minimum absolute atomic E-state index is 0.138. The Kier molecular flexibility index (Phi) is 3.13. The van der Waals surface area contributed by atoms with Crippen LogP contribution in [0.2, 0.25) is 0 Å². The fourth-order valence-corrected chi connectivity index (χ4v) is 2.80. The largest absolute Gasteiger partial charge is 0.481 e. The maximum Gasteiger partial charge on any atom is 0.306 e. The highest BCUT2D eigenvalue weighted by Gasteiger charge is 2.43. The summed E-state index contributed by atoms with van der Waals surface area (Å²) in [6.45, 7) is 2.91. The fourth-order valence-electron chi connectivity index (χ4n) is 2.80. The lowest BCUT2D eigenvalue weighted by molar-refractivity contribution is -0.138. The third-order valence-electron chi connectivity index (χ3n) is 4.17. The molecule has 0 aromatic heterocycles. The monoisotopic (exact) mass is 269 g/mol. The summed E-state index contributed by atoms with van der Waals surface area (Å²) in [7, 11) is 2.03. The van der Waals surface area contributed by atoms with Gasteiger partial charge in [-0.2, -0.15) is 0 Å². The number of nitrogens with zero attached hydrogens (tertiary/aromatic N) is 1. The van der Waals surface area contributed by atoms with Gasteiger partial charge in [-0.3, -0.25) is 4.79 Å². The summed E-state index contributed by atoms with van der Waals surface area (Å²) in [5, 5.41) is 11.4. The number of aliphatic carboxylic acids is 1. The van der Waals surface area contributed by atoms with Crippen LogP contribution >= 0.6 is 0 Å². The van der Waals surface area contributed by atoms with Crippen molar-refractivity contribution in [1.82, 2.24) is 0 Å². The van der Waals surface area contributed by atoms with Crippen LogP contribution in [-0.2, 0) is 4.79 Å². The van der Waals surface area contributed by atoms with Crippen LogP contribution in [0.5, 0.6) is 0 Å². The second-order valence-corrected chi connectivity index (χ2v) is 5.86. The average Bonchev–Trinajstić information content (AvgIpc) is 3.17. The molecule has 3 rings (SSSR count). The Morgan fingerprint density at radius 2 is 1.95 bits per heavy atom. The van der Waals surface area contributed by atoms with E-state index in [4.69, 9.17) is 5.11 Å². The molecule has 1 aliphatic rings. The Bertz CT molecular complexity index is 665. The number of rotatable bonds is 4. The molecule has 0 radical (unpaired) electrons. The van der Waals surface area contributed by atoms with Crippen LogP contribution in [0.4, 0.5) is 5.69 Å². The number of anilines is 1. The molecule has 1 aliphatic carbocycles. The molecule has 1 saturated carbocycles. The van der Waals surface area contributed by atoms with Crippen LogP contribution in [0.25, 0.3) is 10.8 Å².